The van der Waals surface area contributed by atoms with E-state index < -0.39 is 0 Å². The van der Waals surface area contributed by atoms with Gasteiger partial charge in [0.05, 0.1) is 30.8 Å². The Balaban J connectivity index is 1.28. The molecule has 2 unspecified atom stereocenters. The van der Waals surface area contributed by atoms with E-state index in [1.807, 2.05) is 53.4 Å². The summed E-state index contributed by atoms with van der Waals surface area (Å²) < 4.78 is 13.6. The number of aromatic nitrogens is 2. The van der Waals surface area contributed by atoms with Crippen molar-refractivity contribution in [2.45, 2.75) is 44.7 Å². The van der Waals surface area contributed by atoms with Crippen molar-refractivity contribution in [1.29, 1.82) is 0 Å². The van der Waals surface area contributed by atoms with Crippen LogP contribution in [0.5, 0.6) is 11.5 Å². The Morgan fingerprint density at radius 3 is 2.47 bits per heavy atom. The summed E-state index contributed by atoms with van der Waals surface area (Å²) in [4.78, 5) is 20.1. The molecule has 36 heavy (non-hydrogen) atoms. The molecule has 4 aromatic rings. The lowest BCUT2D eigenvalue weighted by atomic mass is 10.1. The summed E-state index contributed by atoms with van der Waals surface area (Å²) in [6.45, 7) is 4.26. The van der Waals surface area contributed by atoms with Crippen LogP contribution in [0.2, 0.25) is 0 Å². The number of rotatable bonds is 10. The standard InChI is InChI=1S/C30H33N3O3/c1-22(23-12-4-3-5-13-23)33-21-24(20-29(33)34)30-31-25-14-6-7-15-26(25)32(30)18-10-11-19-36-28-17-9-8-16-27(28)35-2/h3-9,12-17,22,24H,10-11,18-21H2,1-2H3. The number of ether oxygens (including phenoxy) is 2. The van der Waals surface area contributed by atoms with Crippen LogP contribution in [0.25, 0.3) is 11.0 Å². The number of aryl methyl sites for hydroxylation is 1. The molecule has 6 heteroatoms. The van der Waals surface area contributed by atoms with E-state index in [2.05, 4.69) is 41.8 Å². The molecule has 186 valence electrons. The average Bonchev–Trinajstić information content (AvgIpc) is 3.49. The third-order valence-electron chi connectivity index (χ3n) is 7.06. The summed E-state index contributed by atoms with van der Waals surface area (Å²) in [5.74, 6) is 2.81. The first kappa shape index (κ1) is 23.9. The van der Waals surface area contributed by atoms with E-state index in [0.29, 0.717) is 19.6 Å². The second-order valence-corrected chi connectivity index (χ2v) is 9.35. The van der Waals surface area contributed by atoms with Crippen LogP contribution in [0.1, 0.15) is 49.5 Å². The molecular weight excluding hydrogens is 450 g/mol. The van der Waals surface area contributed by atoms with Gasteiger partial charge in [0.25, 0.3) is 0 Å². The first-order valence-corrected chi connectivity index (χ1v) is 12.7. The number of benzene rings is 3. The third-order valence-corrected chi connectivity index (χ3v) is 7.06. The molecule has 2 heterocycles. The Labute approximate surface area is 212 Å². The maximum Gasteiger partial charge on any atom is 0.223 e. The summed E-state index contributed by atoms with van der Waals surface area (Å²) >= 11 is 0. The summed E-state index contributed by atoms with van der Waals surface area (Å²) in [6, 6.07) is 26.3. The van der Waals surface area contributed by atoms with Crippen molar-refractivity contribution in [1.82, 2.24) is 14.5 Å². The molecule has 0 saturated carbocycles. The SMILES string of the molecule is COc1ccccc1OCCCCn1c(C2CC(=O)N(C(C)c3ccccc3)C2)nc2ccccc21. The molecule has 1 aromatic heterocycles. The lowest BCUT2D eigenvalue weighted by Gasteiger charge is -2.25. The van der Waals surface area contributed by atoms with Crippen molar-refractivity contribution in [2.75, 3.05) is 20.3 Å². The largest absolute Gasteiger partial charge is 0.493 e. The fourth-order valence-corrected chi connectivity index (χ4v) is 5.12. The van der Waals surface area contributed by atoms with E-state index in [1.54, 1.807) is 7.11 Å². The minimum atomic E-state index is 0.0497. The number of hydrogen-bond acceptors (Lipinski definition) is 4. The van der Waals surface area contributed by atoms with Gasteiger partial charge in [-0.15, -0.1) is 0 Å². The fraction of sp³-hybridized carbons (Fsp3) is 0.333. The highest BCUT2D eigenvalue weighted by atomic mass is 16.5. The molecule has 0 aliphatic carbocycles. The topological polar surface area (TPSA) is 56.6 Å². The van der Waals surface area contributed by atoms with Gasteiger partial charge in [-0.25, -0.2) is 4.98 Å². The minimum absolute atomic E-state index is 0.0497. The highest BCUT2D eigenvalue weighted by Crippen LogP contribution is 2.35. The predicted molar refractivity (Wildman–Crippen MR) is 141 cm³/mol. The molecule has 0 bridgehead atoms. The molecule has 1 aliphatic rings. The van der Waals surface area contributed by atoms with E-state index in [9.17, 15) is 4.79 Å². The van der Waals surface area contributed by atoms with Crippen LogP contribution in [0.3, 0.4) is 0 Å². The van der Waals surface area contributed by atoms with Crippen molar-refractivity contribution in [3.05, 3.63) is 90.3 Å². The molecule has 0 radical (unpaired) electrons. The highest BCUT2D eigenvalue weighted by Gasteiger charge is 2.36. The van der Waals surface area contributed by atoms with Gasteiger partial charge in [-0.1, -0.05) is 54.6 Å². The molecule has 3 aromatic carbocycles. The van der Waals surface area contributed by atoms with E-state index in [0.717, 1.165) is 53.3 Å². The number of amides is 1. The second kappa shape index (κ2) is 10.9. The van der Waals surface area contributed by atoms with Crippen molar-refractivity contribution in [3.8, 4) is 11.5 Å². The molecular formula is C30H33N3O3. The lowest BCUT2D eigenvalue weighted by molar-refractivity contribution is -0.129. The van der Waals surface area contributed by atoms with Crippen molar-refractivity contribution in [2.24, 2.45) is 0 Å². The predicted octanol–water partition coefficient (Wildman–Crippen LogP) is 5.98. The maximum atomic E-state index is 13.0. The molecule has 5 rings (SSSR count). The second-order valence-electron chi connectivity index (χ2n) is 9.35. The van der Waals surface area contributed by atoms with E-state index in [1.165, 1.54) is 0 Å². The van der Waals surface area contributed by atoms with Crippen molar-refractivity contribution >= 4 is 16.9 Å². The van der Waals surface area contributed by atoms with Crippen LogP contribution in [0.4, 0.5) is 0 Å². The fourth-order valence-electron chi connectivity index (χ4n) is 5.12. The zero-order chi connectivity index (χ0) is 24.9. The number of unbranched alkanes of at least 4 members (excludes halogenated alkanes) is 1. The number of nitrogens with zero attached hydrogens (tertiary/aromatic N) is 3. The Bertz CT molecular complexity index is 1320. The molecule has 6 nitrogen and oxygen atoms in total. The quantitative estimate of drug-likeness (QED) is 0.260. The average molecular weight is 484 g/mol. The number of fused-ring (bicyclic) bond motifs is 1. The van der Waals surface area contributed by atoms with Crippen LogP contribution in [0.15, 0.2) is 78.9 Å². The number of likely N-dealkylation sites (tertiary alicyclic amines) is 1. The van der Waals surface area contributed by atoms with E-state index in [4.69, 9.17) is 14.5 Å². The Morgan fingerprint density at radius 2 is 1.67 bits per heavy atom. The van der Waals surface area contributed by atoms with Gasteiger partial charge in [-0.2, -0.15) is 0 Å². The zero-order valence-corrected chi connectivity index (χ0v) is 21.0. The third kappa shape index (κ3) is 4.94. The van der Waals surface area contributed by atoms with Gasteiger partial charge in [-0.3, -0.25) is 4.79 Å². The normalized spacial score (nSPS) is 16.4. The zero-order valence-electron chi connectivity index (χ0n) is 21.0. The van der Waals surface area contributed by atoms with Gasteiger partial charge in [0.2, 0.25) is 5.91 Å². The molecule has 0 N–H and O–H groups in total. The van der Waals surface area contributed by atoms with Crippen LogP contribution in [0, 0.1) is 0 Å². The van der Waals surface area contributed by atoms with Gasteiger partial charge >= 0.3 is 0 Å². The molecule has 1 aliphatic heterocycles. The highest BCUT2D eigenvalue weighted by molar-refractivity contribution is 5.81. The first-order valence-electron chi connectivity index (χ1n) is 12.7. The van der Waals surface area contributed by atoms with E-state index in [-0.39, 0.29) is 17.9 Å². The molecule has 2 atom stereocenters. The number of methoxy groups -OCH3 is 1. The Hall–Kier alpha value is -3.80. The summed E-state index contributed by atoms with van der Waals surface area (Å²) in [5.41, 5.74) is 3.27. The van der Waals surface area contributed by atoms with Crippen LogP contribution in [-0.2, 0) is 11.3 Å². The summed E-state index contributed by atoms with van der Waals surface area (Å²) in [5, 5.41) is 0. The lowest BCUT2D eigenvalue weighted by Crippen LogP contribution is -2.28. The number of carbonyl (C=O) groups is 1. The van der Waals surface area contributed by atoms with Crippen molar-refractivity contribution in [3.63, 3.8) is 0 Å². The van der Waals surface area contributed by atoms with Gasteiger partial charge < -0.3 is 18.9 Å². The van der Waals surface area contributed by atoms with Gasteiger partial charge in [0, 0.05) is 25.4 Å². The summed E-state index contributed by atoms with van der Waals surface area (Å²) in [6.07, 6.45) is 2.36. The minimum Gasteiger partial charge on any atom is -0.493 e. The smallest absolute Gasteiger partial charge is 0.223 e. The molecule has 1 saturated heterocycles. The molecule has 1 fully saturated rings. The van der Waals surface area contributed by atoms with Crippen LogP contribution >= 0.6 is 0 Å². The first-order chi connectivity index (χ1) is 17.7. The Morgan fingerprint density at radius 1 is 0.944 bits per heavy atom. The number of hydrogen-bond donors (Lipinski definition) is 0. The van der Waals surface area contributed by atoms with Crippen LogP contribution < -0.4 is 9.47 Å². The number of para-hydroxylation sites is 4. The van der Waals surface area contributed by atoms with Crippen LogP contribution in [-0.4, -0.2) is 40.6 Å². The monoisotopic (exact) mass is 483 g/mol. The summed E-state index contributed by atoms with van der Waals surface area (Å²) in [7, 11) is 1.66. The van der Waals surface area contributed by atoms with Crippen molar-refractivity contribution < 1.29 is 14.3 Å². The molecule has 0 spiro atoms. The number of carbonyl (C=O) groups excluding carboxylic acids is 1. The Kier molecular flexibility index (Phi) is 7.21. The van der Waals surface area contributed by atoms with Gasteiger partial charge in [0.15, 0.2) is 11.5 Å². The maximum absolute atomic E-state index is 13.0. The van der Waals surface area contributed by atoms with Gasteiger partial charge in [-0.05, 0) is 49.6 Å². The molecule has 1 amide bonds. The number of imidazole rings is 1. The van der Waals surface area contributed by atoms with E-state index >= 15 is 0 Å². The van der Waals surface area contributed by atoms with Gasteiger partial charge in [0.1, 0.15) is 5.82 Å².